The van der Waals surface area contributed by atoms with Crippen LogP contribution in [0.25, 0.3) is 0 Å². The molecule has 9 nitrogen and oxygen atoms in total. The number of carbonyl (C=O) groups excluding carboxylic acids is 2. The molecular formula is C19H18Cl2N4O5. The fraction of sp³-hybridized carbons (Fsp3) is 0.316. The van der Waals surface area contributed by atoms with Gasteiger partial charge in [0.25, 0.3) is 11.6 Å². The van der Waals surface area contributed by atoms with Gasteiger partial charge < -0.3 is 15.0 Å². The molecule has 0 unspecified atom stereocenters. The van der Waals surface area contributed by atoms with Crippen LogP contribution in [0.3, 0.4) is 0 Å². The third-order valence-electron chi connectivity index (χ3n) is 4.50. The van der Waals surface area contributed by atoms with Gasteiger partial charge in [-0.15, -0.1) is 0 Å². The van der Waals surface area contributed by atoms with Gasteiger partial charge in [-0.1, -0.05) is 23.2 Å². The van der Waals surface area contributed by atoms with E-state index in [0.29, 0.717) is 10.7 Å². The Kier molecular flexibility index (Phi) is 7.07. The van der Waals surface area contributed by atoms with E-state index in [1.54, 1.807) is 0 Å². The Labute approximate surface area is 182 Å². The highest BCUT2D eigenvalue weighted by Gasteiger charge is 2.24. The summed E-state index contributed by atoms with van der Waals surface area (Å²) in [5.41, 5.74) is 0.281. The van der Waals surface area contributed by atoms with Gasteiger partial charge in [0.1, 0.15) is 5.69 Å². The summed E-state index contributed by atoms with van der Waals surface area (Å²) >= 11 is 11.7. The minimum atomic E-state index is -0.853. The summed E-state index contributed by atoms with van der Waals surface area (Å²) < 4.78 is 4.96. The first-order valence-corrected chi connectivity index (χ1v) is 9.92. The van der Waals surface area contributed by atoms with Crippen molar-refractivity contribution < 1.29 is 19.2 Å². The van der Waals surface area contributed by atoms with Gasteiger partial charge in [-0.25, -0.2) is 9.78 Å². The van der Waals surface area contributed by atoms with Gasteiger partial charge in [0.2, 0.25) is 0 Å². The summed E-state index contributed by atoms with van der Waals surface area (Å²) in [7, 11) is 0. The largest absolute Gasteiger partial charge is 0.452 e. The van der Waals surface area contributed by atoms with Crippen LogP contribution in [0.4, 0.5) is 17.2 Å². The molecular weight excluding hydrogens is 435 g/mol. The second-order valence-electron chi connectivity index (χ2n) is 6.62. The van der Waals surface area contributed by atoms with Crippen LogP contribution in [0.5, 0.6) is 0 Å². The predicted molar refractivity (Wildman–Crippen MR) is 112 cm³/mol. The van der Waals surface area contributed by atoms with Gasteiger partial charge in [-0.05, 0) is 37.5 Å². The number of nitrogens with zero attached hydrogens (tertiary/aromatic N) is 3. The maximum absolute atomic E-state index is 12.3. The van der Waals surface area contributed by atoms with E-state index in [4.69, 9.17) is 27.9 Å². The molecule has 2 heterocycles. The third kappa shape index (κ3) is 5.37. The zero-order chi connectivity index (χ0) is 21.7. The van der Waals surface area contributed by atoms with Crippen LogP contribution >= 0.6 is 23.2 Å². The van der Waals surface area contributed by atoms with Crippen molar-refractivity contribution in [1.82, 2.24) is 4.98 Å². The number of amides is 1. The van der Waals surface area contributed by atoms with Crippen molar-refractivity contribution in [3.63, 3.8) is 0 Å². The SMILES string of the molecule is O=C(COC(=O)c1ccc(N2CCCCC2)c([N+](=O)[O-])c1)Nc1ncc(Cl)cc1Cl. The number of aromatic nitrogens is 1. The summed E-state index contributed by atoms with van der Waals surface area (Å²) in [6.45, 7) is 0.847. The molecule has 1 fully saturated rings. The minimum Gasteiger partial charge on any atom is -0.452 e. The van der Waals surface area contributed by atoms with Crippen molar-refractivity contribution in [2.45, 2.75) is 19.3 Å². The van der Waals surface area contributed by atoms with Crippen LogP contribution in [0, 0.1) is 10.1 Å². The lowest BCUT2D eigenvalue weighted by Crippen LogP contribution is -2.30. The molecule has 0 saturated carbocycles. The van der Waals surface area contributed by atoms with Gasteiger partial charge in [0, 0.05) is 25.4 Å². The molecule has 0 spiro atoms. The van der Waals surface area contributed by atoms with Crippen LogP contribution in [-0.2, 0) is 9.53 Å². The second kappa shape index (κ2) is 9.73. The predicted octanol–water partition coefficient (Wildman–Crippen LogP) is 4.08. The van der Waals surface area contributed by atoms with Crippen molar-refractivity contribution in [2.24, 2.45) is 0 Å². The van der Waals surface area contributed by atoms with E-state index in [2.05, 4.69) is 10.3 Å². The van der Waals surface area contributed by atoms with Gasteiger partial charge in [-0.2, -0.15) is 0 Å². The summed E-state index contributed by atoms with van der Waals surface area (Å²) in [5.74, 6) is -1.45. The quantitative estimate of drug-likeness (QED) is 0.398. The molecule has 1 aliphatic rings. The molecule has 158 valence electrons. The summed E-state index contributed by atoms with van der Waals surface area (Å²) in [6, 6.07) is 5.56. The fourth-order valence-electron chi connectivity index (χ4n) is 3.09. The first kappa shape index (κ1) is 21.8. The van der Waals surface area contributed by atoms with E-state index in [0.717, 1.165) is 32.4 Å². The average molecular weight is 453 g/mol. The Bertz CT molecular complexity index is 979. The molecule has 1 saturated heterocycles. The van der Waals surface area contributed by atoms with Crippen molar-refractivity contribution in [3.8, 4) is 0 Å². The van der Waals surface area contributed by atoms with Gasteiger partial charge in [-0.3, -0.25) is 14.9 Å². The molecule has 0 bridgehead atoms. The monoisotopic (exact) mass is 452 g/mol. The zero-order valence-electron chi connectivity index (χ0n) is 15.8. The number of piperidine rings is 1. The Morgan fingerprint density at radius 2 is 1.93 bits per heavy atom. The van der Waals surface area contributed by atoms with Crippen molar-refractivity contribution in [1.29, 1.82) is 0 Å². The fourth-order valence-corrected chi connectivity index (χ4v) is 3.52. The number of hydrogen-bond donors (Lipinski definition) is 1. The summed E-state index contributed by atoms with van der Waals surface area (Å²) in [6.07, 6.45) is 4.32. The van der Waals surface area contributed by atoms with Crippen LogP contribution in [0.1, 0.15) is 29.6 Å². The molecule has 1 aliphatic heterocycles. The number of halogens is 2. The lowest BCUT2D eigenvalue weighted by Gasteiger charge is -2.28. The zero-order valence-corrected chi connectivity index (χ0v) is 17.3. The standard InChI is InChI=1S/C19H18Cl2N4O5/c20-13-9-14(21)18(22-10-13)23-17(26)11-30-19(27)12-4-5-15(16(8-12)25(28)29)24-6-2-1-3-7-24/h4-5,8-10H,1-3,6-7,11H2,(H,22,23,26). The number of nitrogens with one attached hydrogen (secondary N) is 1. The Morgan fingerprint density at radius 3 is 2.60 bits per heavy atom. The normalized spacial score (nSPS) is 13.6. The summed E-state index contributed by atoms with van der Waals surface area (Å²) in [4.78, 5) is 41.0. The average Bonchev–Trinajstić information content (AvgIpc) is 2.74. The molecule has 3 rings (SSSR count). The van der Waals surface area contributed by atoms with E-state index >= 15 is 0 Å². The van der Waals surface area contributed by atoms with Gasteiger partial charge >= 0.3 is 5.97 Å². The highest BCUT2D eigenvalue weighted by atomic mass is 35.5. The molecule has 1 aromatic carbocycles. The van der Waals surface area contributed by atoms with E-state index in [-0.39, 0.29) is 22.1 Å². The number of benzene rings is 1. The number of carbonyl (C=O) groups is 2. The molecule has 2 aromatic rings. The molecule has 30 heavy (non-hydrogen) atoms. The van der Waals surface area contributed by atoms with Crippen LogP contribution in [0.15, 0.2) is 30.5 Å². The van der Waals surface area contributed by atoms with E-state index in [9.17, 15) is 19.7 Å². The minimum absolute atomic E-state index is 0.0158. The van der Waals surface area contributed by atoms with Crippen molar-refractivity contribution in [2.75, 3.05) is 29.9 Å². The second-order valence-corrected chi connectivity index (χ2v) is 7.46. The van der Waals surface area contributed by atoms with Crippen LogP contribution in [0.2, 0.25) is 10.0 Å². The molecule has 0 aliphatic carbocycles. The first-order chi connectivity index (χ1) is 14.3. The van der Waals surface area contributed by atoms with Crippen LogP contribution < -0.4 is 10.2 Å². The van der Waals surface area contributed by atoms with Crippen molar-refractivity contribution >= 4 is 52.3 Å². The Morgan fingerprint density at radius 1 is 1.20 bits per heavy atom. The topological polar surface area (TPSA) is 115 Å². The molecule has 0 radical (unpaired) electrons. The highest BCUT2D eigenvalue weighted by Crippen LogP contribution is 2.31. The molecule has 1 N–H and O–H groups in total. The van der Waals surface area contributed by atoms with E-state index in [1.807, 2.05) is 4.90 Å². The van der Waals surface area contributed by atoms with Gasteiger partial charge in [0.05, 0.1) is 20.5 Å². The van der Waals surface area contributed by atoms with E-state index < -0.39 is 23.4 Å². The van der Waals surface area contributed by atoms with Crippen LogP contribution in [-0.4, -0.2) is 41.5 Å². The highest BCUT2D eigenvalue weighted by molar-refractivity contribution is 6.36. The lowest BCUT2D eigenvalue weighted by molar-refractivity contribution is -0.384. The maximum Gasteiger partial charge on any atom is 0.338 e. The number of nitro benzene ring substituents is 1. The number of rotatable bonds is 6. The maximum atomic E-state index is 12.3. The molecule has 0 atom stereocenters. The lowest BCUT2D eigenvalue weighted by atomic mass is 10.1. The molecule has 1 aromatic heterocycles. The number of anilines is 2. The number of pyridine rings is 1. The first-order valence-electron chi connectivity index (χ1n) is 9.16. The van der Waals surface area contributed by atoms with Crippen molar-refractivity contribution in [3.05, 3.63) is 56.2 Å². The number of nitro groups is 1. The van der Waals surface area contributed by atoms with Gasteiger partial charge in [0.15, 0.2) is 12.4 Å². The Balaban J connectivity index is 1.65. The summed E-state index contributed by atoms with van der Waals surface area (Å²) in [5, 5.41) is 14.3. The number of ether oxygens (including phenoxy) is 1. The Hall–Kier alpha value is -2.91. The number of hydrogen-bond acceptors (Lipinski definition) is 7. The van der Waals surface area contributed by atoms with E-state index in [1.165, 1.54) is 30.5 Å². The third-order valence-corrected chi connectivity index (χ3v) is 5.00. The molecule has 1 amide bonds. The smallest absolute Gasteiger partial charge is 0.338 e. The molecule has 11 heteroatoms. The number of esters is 1.